The van der Waals surface area contributed by atoms with Gasteiger partial charge in [-0.15, -0.1) is 0 Å². The van der Waals surface area contributed by atoms with Crippen LogP contribution in [0.4, 0.5) is 20.1 Å². The van der Waals surface area contributed by atoms with E-state index in [2.05, 4.69) is 20.6 Å². The van der Waals surface area contributed by atoms with Gasteiger partial charge in [0.25, 0.3) is 0 Å². The van der Waals surface area contributed by atoms with Gasteiger partial charge in [0, 0.05) is 12.6 Å². The molecule has 8 heteroatoms. The van der Waals surface area contributed by atoms with Crippen LogP contribution in [0.15, 0.2) is 48.7 Å². The van der Waals surface area contributed by atoms with Crippen molar-refractivity contribution in [3.63, 3.8) is 0 Å². The van der Waals surface area contributed by atoms with Gasteiger partial charge in [0.1, 0.15) is 11.6 Å². The molecular formula is C16H13FN4O2S. The summed E-state index contributed by atoms with van der Waals surface area (Å²) in [5.74, 6) is -0.0689. The van der Waals surface area contributed by atoms with E-state index in [9.17, 15) is 14.3 Å². The lowest BCUT2D eigenvalue weighted by atomic mass is 10.1. The molecule has 2 amide bonds. The van der Waals surface area contributed by atoms with E-state index in [4.69, 9.17) is 0 Å². The minimum atomic E-state index is -0.504. The van der Waals surface area contributed by atoms with Crippen molar-refractivity contribution in [3.05, 3.63) is 64.9 Å². The van der Waals surface area contributed by atoms with Crippen molar-refractivity contribution in [2.45, 2.75) is 6.42 Å². The molecule has 0 aliphatic carbocycles. The molecule has 0 aliphatic heterocycles. The molecule has 3 aromatic rings. The summed E-state index contributed by atoms with van der Waals surface area (Å²) in [6.45, 7) is 0. The number of benzene rings is 1. The van der Waals surface area contributed by atoms with Gasteiger partial charge in [-0.05, 0) is 29.8 Å². The van der Waals surface area contributed by atoms with Gasteiger partial charge in [0.05, 0.1) is 4.88 Å². The van der Waals surface area contributed by atoms with E-state index in [-0.39, 0.29) is 16.8 Å². The molecule has 0 bridgehead atoms. The van der Waals surface area contributed by atoms with E-state index in [1.807, 2.05) is 0 Å². The number of halogens is 1. The largest absolute Gasteiger partial charge is 0.492 e. The summed E-state index contributed by atoms with van der Waals surface area (Å²) >= 11 is 1.15. The molecule has 24 heavy (non-hydrogen) atoms. The van der Waals surface area contributed by atoms with E-state index in [1.165, 1.54) is 12.1 Å². The Kier molecular flexibility index (Phi) is 4.66. The highest BCUT2D eigenvalue weighted by Gasteiger charge is 2.13. The van der Waals surface area contributed by atoms with Crippen molar-refractivity contribution >= 4 is 28.3 Å². The molecule has 2 aromatic heterocycles. The van der Waals surface area contributed by atoms with Gasteiger partial charge in [-0.3, -0.25) is 10.6 Å². The van der Waals surface area contributed by atoms with Crippen molar-refractivity contribution in [2.75, 3.05) is 10.6 Å². The third-order valence-electron chi connectivity index (χ3n) is 3.08. The second-order valence-electron chi connectivity index (χ2n) is 4.86. The number of nitrogens with one attached hydrogen (secondary N) is 2. The molecule has 0 aliphatic rings. The standard InChI is InChI=1S/C16H13FN4O2S/c17-11-6-4-10(5-7-11)9-12-14(22)20-16(24-12)21-15(23)19-13-3-1-2-8-18-13/h1-8,22H,9H2,(H2,18,19,20,21,23). The second-order valence-corrected chi connectivity index (χ2v) is 5.95. The summed E-state index contributed by atoms with van der Waals surface area (Å²) in [4.78, 5) is 20.3. The number of hydrogen-bond donors (Lipinski definition) is 3. The number of hydrogen-bond acceptors (Lipinski definition) is 5. The predicted octanol–water partition coefficient (Wildman–Crippen LogP) is 3.62. The van der Waals surface area contributed by atoms with Crippen molar-refractivity contribution in [3.8, 4) is 5.88 Å². The molecule has 0 radical (unpaired) electrons. The van der Waals surface area contributed by atoms with Gasteiger partial charge >= 0.3 is 6.03 Å². The number of pyridine rings is 1. The van der Waals surface area contributed by atoms with Crippen LogP contribution in [0, 0.1) is 5.82 Å². The fourth-order valence-electron chi connectivity index (χ4n) is 1.98. The number of amides is 2. The molecule has 0 fully saturated rings. The number of nitrogens with zero attached hydrogens (tertiary/aromatic N) is 2. The summed E-state index contributed by atoms with van der Waals surface area (Å²) in [7, 11) is 0. The molecule has 1 aromatic carbocycles. The highest BCUT2D eigenvalue weighted by atomic mass is 32.1. The molecular weight excluding hydrogens is 331 g/mol. The Hall–Kier alpha value is -3.00. The molecule has 122 valence electrons. The van der Waals surface area contributed by atoms with Gasteiger partial charge < -0.3 is 5.11 Å². The van der Waals surface area contributed by atoms with Gasteiger partial charge in [0.15, 0.2) is 5.13 Å². The van der Waals surface area contributed by atoms with Gasteiger partial charge in [-0.25, -0.2) is 14.2 Å². The van der Waals surface area contributed by atoms with Crippen LogP contribution in [0.3, 0.4) is 0 Å². The first-order chi connectivity index (χ1) is 11.6. The van der Waals surface area contributed by atoms with Crippen molar-refractivity contribution in [1.82, 2.24) is 9.97 Å². The van der Waals surface area contributed by atoms with Crippen LogP contribution < -0.4 is 10.6 Å². The zero-order chi connectivity index (χ0) is 16.9. The molecule has 3 rings (SSSR count). The number of aromatic nitrogens is 2. The SMILES string of the molecule is O=C(Nc1ccccn1)Nc1nc(O)c(Cc2ccc(F)cc2)s1. The summed E-state index contributed by atoms with van der Waals surface area (Å²) in [5.41, 5.74) is 0.833. The van der Waals surface area contributed by atoms with E-state index in [0.717, 1.165) is 16.9 Å². The second kappa shape index (κ2) is 7.05. The topological polar surface area (TPSA) is 87.1 Å². The summed E-state index contributed by atoms with van der Waals surface area (Å²) in [6, 6.07) is 10.6. The lowest BCUT2D eigenvalue weighted by Gasteiger charge is -2.03. The summed E-state index contributed by atoms with van der Waals surface area (Å²) in [5, 5.41) is 15.3. The maximum absolute atomic E-state index is 12.9. The monoisotopic (exact) mass is 344 g/mol. The fourth-order valence-corrected chi connectivity index (χ4v) is 2.87. The molecule has 0 spiro atoms. The predicted molar refractivity (Wildman–Crippen MR) is 89.9 cm³/mol. The zero-order valence-electron chi connectivity index (χ0n) is 12.4. The van der Waals surface area contributed by atoms with Crippen LogP contribution in [0.5, 0.6) is 5.88 Å². The van der Waals surface area contributed by atoms with Crippen LogP contribution >= 0.6 is 11.3 Å². The summed E-state index contributed by atoms with van der Waals surface area (Å²) in [6.07, 6.45) is 1.96. The van der Waals surface area contributed by atoms with E-state index in [1.54, 1.807) is 36.5 Å². The third-order valence-corrected chi connectivity index (χ3v) is 4.04. The highest BCUT2D eigenvalue weighted by Crippen LogP contribution is 2.30. The normalized spacial score (nSPS) is 10.4. The van der Waals surface area contributed by atoms with Crippen molar-refractivity contribution in [1.29, 1.82) is 0 Å². The first-order valence-electron chi connectivity index (χ1n) is 7.02. The first-order valence-corrected chi connectivity index (χ1v) is 7.84. The smallest absolute Gasteiger partial charge is 0.326 e. The quantitative estimate of drug-likeness (QED) is 0.675. The zero-order valence-corrected chi connectivity index (χ0v) is 13.2. The first kappa shape index (κ1) is 15.9. The highest BCUT2D eigenvalue weighted by molar-refractivity contribution is 7.16. The number of carbonyl (C=O) groups excluding carboxylic acids is 1. The average Bonchev–Trinajstić information content (AvgIpc) is 2.89. The van der Waals surface area contributed by atoms with E-state index in [0.29, 0.717) is 17.1 Å². The van der Waals surface area contributed by atoms with Crippen LogP contribution in [-0.2, 0) is 6.42 Å². The number of rotatable bonds is 4. The molecule has 0 saturated heterocycles. The molecule has 0 atom stereocenters. The Morgan fingerprint density at radius 2 is 1.96 bits per heavy atom. The average molecular weight is 344 g/mol. The Labute approximate surface area is 141 Å². The van der Waals surface area contributed by atoms with Gasteiger partial charge in [-0.2, -0.15) is 4.98 Å². The summed E-state index contributed by atoms with van der Waals surface area (Å²) < 4.78 is 12.9. The van der Waals surface area contributed by atoms with Crippen molar-refractivity contribution < 1.29 is 14.3 Å². The Bertz CT molecular complexity index is 837. The minimum Gasteiger partial charge on any atom is -0.492 e. The minimum absolute atomic E-state index is 0.155. The van der Waals surface area contributed by atoms with E-state index >= 15 is 0 Å². The molecule has 6 nitrogen and oxygen atoms in total. The number of aromatic hydroxyl groups is 1. The molecule has 3 N–H and O–H groups in total. The molecule has 0 unspecified atom stereocenters. The van der Waals surface area contributed by atoms with Crippen LogP contribution in [0.25, 0.3) is 0 Å². The lowest BCUT2D eigenvalue weighted by molar-refractivity contribution is 0.262. The Morgan fingerprint density at radius 3 is 2.67 bits per heavy atom. The Balaban J connectivity index is 1.65. The number of thiazole rings is 1. The third kappa shape index (κ3) is 4.05. The maximum Gasteiger partial charge on any atom is 0.326 e. The number of carbonyl (C=O) groups is 1. The van der Waals surface area contributed by atoms with Crippen LogP contribution in [0.1, 0.15) is 10.4 Å². The maximum atomic E-state index is 12.9. The number of urea groups is 1. The Morgan fingerprint density at radius 1 is 1.17 bits per heavy atom. The molecule has 0 saturated carbocycles. The lowest BCUT2D eigenvalue weighted by Crippen LogP contribution is -2.19. The molecule has 2 heterocycles. The van der Waals surface area contributed by atoms with E-state index < -0.39 is 6.03 Å². The van der Waals surface area contributed by atoms with Gasteiger partial charge in [0.2, 0.25) is 5.88 Å². The number of anilines is 2. The van der Waals surface area contributed by atoms with Crippen LogP contribution in [0.2, 0.25) is 0 Å². The fraction of sp³-hybridized carbons (Fsp3) is 0.0625. The van der Waals surface area contributed by atoms with Crippen LogP contribution in [-0.4, -0.2) is 21.1 Å². The van der Waals surface area contributed by atoms with Crippen molar-refractivity contribution in [2.24, 2.45) is 0 Å². The van der Waals surface area contributed by atoms with Gasteiger partial charge in [-0.1, -0.05) is 29.5 Å².